The summed E-state index contributed by atoms with van der Waals surface area (Å²) in [5.41, 5.74) is 0. The molecule has 7 nitrogen and oxygen atoms in total. The molecule has 0 saturated heterocycles. The molecule has 26 heavy (non-hydrogen) atoms. The monoisotopic (exact) mass is 478 g/mol. The maximum absolute atomic E-state index is 5.11. The van der Waals surface area contributed by atoms with E-state index < -0.39 is 0 Å². The molecule has 0 amide bonds. The van der Waals surface area contributed by atoms with Gasteiger partial charge in [-0.05, 0) is 19.3 Å². The number of aromatic nitrogens is 3. The van der Waals surface area contributed by atoms with E-state index in [0.717, 1.165) is 36.6 Å². The third-order valence-electron chi connectivity index (χ3n) is 4.97. The van der Waals surface area contributed by atoms with Gasteiger partial charge in [-0.1, -0.05) is 38.5 Å². The highest BCUT2D eigenvalue weighted by Crippen LogP contribution is 2.28. The van der Waals surface area contributed by atoms with Gasteiger partial charge in [-0.25, -0.2) is 4.99 Å². The van der Waals surface area contributed by atoms with E-state index in [2.05, 4.69) is 25.8 Å². The summed E-state index contributed by atoms with van der Waals surface area (Å²) in [4.78, 5) is 4.63. The van der Waals surface area contributed by atoms with Gasteiger partial charge >= 0.3 is 0 Å². The van der Waals surface area contributed by atoms with Crippen molar-refractivity contribution in [2.45, 2.75) is 58.4 Å². The SMILES string of the molecule is COCCNC(=NCc1nnc(C)n1C)NCCCCC1CCCC1.I. The number of unbranched alkanes of at least 4 members (excludes halogenated alkanes) is 1. The molecule has 1 aliphatic carbocycles. The summed E-state index contributed by atoms with van der Waals surface area (Å²) < 4.78 is 7.08. The molecule has 2 N–H and O–H groups in total. The van der Waals surface area contributed by atoms with Crippen LogP contribution in [-0.4, -0.2) is 47.5 Å². The Morgan fingerprint density at radius 2 is 1.92 bits per heavy atom. The fraction of sp³-hybridized carbons (Fsp3) is 0.833. The molecular weight excluding hydrogens is 443 g/mol. The summed E-state index contributed by atoms with van der Waals surface area (Å²) in [6.07, 6.45) is 9.61. The number of hydrogen-bond acceptors (Lipinski definition) is 4. The van der Waals surface area contributed by atoms with E-state index in [9.17, 15) is 0 Å². The van der Waals surface area contributed by atoms with Gasteiger partial charge in [0.05, 0.1) is 6.61 Å². The average Bonchev–Trinajstić information content (AvgIpc) is 3.23. The molecule has 1 heterocycles. The molecule has 1 saturated carbocycles. The van der Waals surface area contributed by atoms with Crippen LogP contribution in [0.4, 0.5) is 0 Å². The standard InChI is InChI=1S/C18H34N6O.HI/c1-15-22-23-17(24(15)2)14-21-18(20-12-13-25-3)19-11-7-6-10-16-8-4-5-9-16;/h16H,4-14H2,1-3H3,(H2,19,20,21);1H. The van der Waals surface area contributed by atoms with Crippen LogP contribution in [0.3, 0.4) is 0 Å². The maximum atomic E-state index is 5.11. The van der Waals surface area contributed by atoms with E-state index in [1.165, 1.54) is 44.9 Å². The number of nitrogens with zero attached hydrogens (tertiary/aromatic N) is 4. The molecule has 150 valence electrons. The Hall–Kier alpha value is -0.900. The van der Waals surface area contributed by atoms with E-state index in [1.807, 2.05) is 18.5 Å². The fourth-order valence-electron chi connectivity index (χ4n) is 3.25. The Morgan fingerprint density at radius 3 is 2.58 bits per heavy atom. The zero-order valence-electron chi connectivity index (χ0n) is 16.5. The number of ether oxygens (including phenoxy) is 1. The molecule has 2 rings (SSSR count). The third kappa shape index (κ3) is 8.20. The highest BCUT2D eigenvalue weighted by molar-refractivity contribution is 14.0. The largest absolute Gasteiger partial charge is 0.383 e. The van der Waals surface area contributed by atoms with E-state index in [-0.39, 0.29) is 24.0 Å². The zero-order chi connectivity index (χ0) is 17.9. The van der Waals surface area contributed by atoms with Crippen molar-refractivity contribution in [2.75, 3.05) is 26.8 Å². The first-order valence-electron chi connectivity index (χ1n) is 9.56. The normalized spacial score (nSPS) is 15.1. The van der Waals surface area contributed by atoms with Crippen molar-refractivity contribution in [3.05, 3.63) is 11.6 Å². The smallest absolute Gasteiger partial charge is 0.191 e. The Labute approximate surface area is 174 Å². The summed E-state index contributed by atoms with van der Waals surface area (Å²) in [6, 6.07) is 0. The van der Waals surface area contributed by atoms with Gasteiger partial charge in [-0.3, -0.25) is 0 Å². The van der Waals surface area contributed by atoms with E-state index in [0.29, 0.717) is 13.2 Å². The topological polar surface area (TPSA) is 76.4 Å². The maximum Gasteiger partial charge on any atom is 0.191 e. The van der Waals surface area contributed by atoms with Gasteiger partial charge in [-0.15, -0.1) is 34.2 Å². The predicted octanol–water partition coefficient (Wildman–Crippen LogP) is 2.78. The third-order valence-corrected chi connectivity index (χ3v) is 4.97. The number of aryl methyl sites for hydroxylation is 1. The Bertz CT molecular complexity index is 528. The lowest BCUT2D eigenvalue weighted by Gasteiger charge is -2.13. The van der Waals surface area contributed by atoms with Crippen LogP contribution < -0.4 is 10.6 Å². The zero-order valence-corrected chi connectivity index (χ0v) is 18.8. The number of methoxy groups -OCH3 is 1. The van der Waals surface area contributed by atoms with Gasteiger partial charge in [-0.2, -0.15) is 0 Å². The second kappa shape index (κ2) is 13.3. The number of halogens is 1. The van der Waals surface area contributed by atoms with Crippen LogP contribution in [-0.2, 0) is 18.3 Å². The van der Waals surface area contributed by atoms with E-state index in [1.54, 1.807) is 7.11 Å². The number of hydrogen-bond donors (Lipinski definition) is 2. The molecule has 0 unspecified atom stereocenters. The molecule has 1 aromatic rings. The van der Waals surface area contributed by atoms with Crippen molar-refractivity contribution in [1.82, 2.24) is 25.4 Å². The van der Waals surface area contributed by atoms with Gasteiger partial charge < -0.3 is 19.9 Å². The summed E-state index contributed by atoms with van der Waals surface area (Å²) in [7, 11) is 3.67. The minimum absolute atomic E-state index is 0. The van der Waals surface area contributed by atoms with Crippen LogP contribution in [0.25, 0.3) is 0 Å². The molecule has 8 heteroatoms. The molecule has 1 fully saturated rings. The highest BCUT2D eigenvalue weighted by Gasteiger charge is 2.13. The first kappa shape index (κ1) is 23.1. The second-order valence-electron chi connectivity index (χ2n) is 6.88. The minimum atomic E-state index is 0. The summed E-state index contributed by atoms with van der Waals surface area (Å²) >= 11 is 0. The molecule has 0 aliphatic heterocycles. The predicted molar refractivity (Wildman–Crippen MR) is 116 cm³/mol. The molecule has 0 radical (unpaired) electrons. The fourth-order valence-corrected chi connectivity index (χ4v) is 3.25. The first-order valence-corrected chi connectivity index (χ1v) is 9.56. The van der Waals surface area contributed by atoms with Crippen LogP contribution in [0.5, 0.6) is 0 Å². The molecule has 0 aromatic carbocycles. The summed E-state index contributed by atoms with van der Waals surface area (Å²) in [5.74, 6) is 3.57. The van der Waals surface area contributed by atoms with Gasteiger partial charge in [0.25, 0.3) is 0 Å². The first-order chi connectivity index (χ1) is 12.2. The van der Waals surface area contributed by atoms with E-state index in [4.69, 9.17) is 4.74 Å². The summed E-state index contributed by atoms with van der Waals surface area (Å²) in [6.45, 7) is 4.80. The number of nitrogens with one attached hydrogen (secondary N) is 2. The minimum Gasteiger partial charge on any atom is -0.383 e. The second-order valence-corrected chi connectivity index (χ2v) is 6.88. The lowest BCUT2D eigenvalue weighted by Crippen LogP contribution is -2.39. The van der Waals surface area contributed by atoms with E-state index >= 15 is 0 Å². The molecule has 0 atom stereocenters. The quantitative estimate of drug-likeness (QED) is 0.234. The van der Waals surface area contributed by atoms with Crippen molar-refractivity contribution < 1.29 is 4.74 Å². The van der Waals surface area contributed by atoms with Crippen molar-refractivity contribution in [3.8, 4) is 0 Å². The van der Waals surface area contributed by atoms with Crippen LogP contribution in [0, 0.1) is 12.8 Å². The van der Waals surface area contributed by atoms with Gasteiger partial charge in [0.1, 0.15) is 12.4 Å². The van der Waals surface area contributed by atoms with Crippen molar-refractivity contribution in [3.63, 3.8) is 0 Å². The number of rotatable bonds is 10. The van der Waals surface area contributed by atoms with Gasteiger partial charge in [0, 0.05) is 27.2 Å². The highest BCUT2D eigenvalue weighted by atomic mass is 127. The summed E-state index contributed by atoms with van der Waals surface area (Å²) in [5, 5.41) is 15.0. The molecule has 1 aliphatic rings. The van der Waals surface area contributed by atoms with Crippen molar-refractivity contribution in [2.24, 2.45) is 18.0 Å². The van der Waals surface area contributed by atoms with Gasteiger partial charge in [0.2, 0.25) is 0 Å². The van der Waals surface area contributed by atoms with Gasteiger partial charge in [0.15, 0.2) is 11.8 Å². The average molecular weight is 478 g/mol. The lowest BCUT2D eigenvalue weighted by molar-refractivity contribution is 0.203. The Balaban J connectivity index is 0.00000338. The molecule has 1 aromatic heterocycles. The molecule has 0 bridgehead atoms. The van der Waals surface area contributed by atoms with Crippen LogP contribution in [0.15, 0.2) is 4.99 Å². The Kier molecular flexibility index (Phi) is 11.8. The van der Waals surface area contributed by atoms with Crippen molar-refractivity contribution in [1.29, 1.82) is 0 Å². The lowest BCUT2D eigenvalue weighted by atomic mass is 10.0. The van der Waals surface area contributed by atoms with Crippen molar-refractivity contribution >= 4 is 29.9 Å². The van der Waals surface area contributed by atoms with Crippen LogP contribution in [0.1, 0.15) is 56.6 Å². The number of aliphatic imine (C=N–C) groups is 1. The number of guanidine groups is 1. The van der Waals surface area contributed by atoms with Crippen LogP contribution in [0.2, 0.25) is 0 Å². The Morgan fingerprint density at radius 1 is 1.19 bits per heavy atom. The van der Waals surface area contributed by atoms with Crippen LogP contribution >= 0.6 is 24.0 Å². The molecular formula is C18H35IN6O. The molecule has 0 spiro atoms.